The van der Waals surface area contributed by atoms with E-state index in [9.17, 15) is 19.4 Å². The minimum atomic E-state index is -4.61. The first-order valence-electron chi connectivity index (χ1n) is 35.2. The van der Waals surface area contributed by atoms with Gasteiger partial charge < -0.3 is 28.8 Å². The molecule has 0 spiro atoms. The van der Waals surface area contributed by atoms with E-state index in [0.29, 0.717) is 17.4 Å². The molecule has 1 amide bonds. The Hall–Kier alpha value is -2.84. The molecule has 3 unspecified atom stereocenters. The second-order valence-corrected chi connectivity index (χ2v) is 26.3. The fourth-order valence-corrected chi connectivity index (χ4v) is 10.8. The SMILES string of the molecule is CC/C=C\C/C=C\C/C=C\C/C=C\C/C=C\C/C=C\C/C=C\C/C=C\CCCCCCCCCCCCC(=O)NC(COP(=O)([O-])OCC[N+](C)(C)C)C(O)/C=C/CCCCCCCCCCCCCCCCCCCCCCCCCCC. The molecule has 0 aromatic heterocycles. The summed E-state index contributed by atoms with van der Waals surface area (Å²) >= 11 is 0. The Morgan fingerprint density at radius 3 is 1.06 bits per heavy atom. The van der Waals surface area contributed by atoms with Crippen LogP contribution in [0.3, 0.4) is 0 Å². The lowest BCUT2D eigenvalue weighted by Crippen LogP contribution is -2.45. The second-order valence-electron chi connectivity index (χ2n) is 24.9. The molecule has 0 aliphatic rings. The van der Waals surface area contributed by atoms with E-state index in [-0.39, 0.29) is 19.1 Å². The predicted molar refractivity (Wildman–Crippen MR) is 366 cm³/mol. The standard InChI is InChI=1S/C75H135N2O6P/c1-6-8-10-12-14-16-18-20-22-24-26-28-30-32-34-35-36-37-38-39-40-41-43-45-47-49-51-53-55-57-59-61-63-65-67-69-75(79)76-73(72-83-84(80,81)82-71-70-77(3,4)5)74(78)68-66-64-62-60-58-56-54-52-50-48-46-44-42-33-31-29-27-25-23-21-19-17-15-13-11-9-7-2/h8,10,14,16,20,22,26,28,32,34,36-37,39-40,43,45,66,68,73-74,78H,6-7,9,11-13,15,17-19,21,23-25,27,29-31,33,35,38,41-42,44,46-65,67,69-72H2,1-5H3,(H-,76,79,80,81)/b10-8-,16-14-,22-20-,28-26-,34-32-,37-36-,40-39-,45-43-,68-66+. The molecule has 3 atom stereocenters. The number of rotatable bonds is 64. The van der Waals surface area contributed by atoms with Gasteiger partial charge in [-0.3, -0.25) is 9.36 Å². The van der Waals surface area contributed by atoms with Crippen molar-refractivity contribution >= 4 is 13.7 Å². The molecule has 0 saturated carbocycles. The Morgan fingerprint density at radius 1 is 0.429 bits per heavy atom. The van der Waals surface area contributed by atoms with Crippen LogP contribution in [0.25, 0.3) is 0 Å². The van der Waals surface area contributed by atoms with Crippen LogP contribution in [0, 0.1) is 0 Å². The first kappa shape index (κ1) is 81.2. The molecule has 0 aliphatic carbocycles. The van der Waals surface area contributed by atoms with Gasteiger partial charge >= 0.3 is 0 Å². The fraction of sp³-hybridized carbons (Fsp3) is 0.747. The Kier molecular flexibility index (Phi) is 62.4. The molecular formula is C75H135N2O6P. The lowest BCUT2D eigenvalue weighted by molar-refractivity contribution is -0.870. The highest BCUT2D eigenvalue weighted by molar-refractivity contribution is 7.45. The van der Waals surface area contributed by atoms with Crippen molar-refractivity contribution in [3.05, 3.63) is 109 Å². The lowest BCUT2D eigenvalue weighted by atomic mass is 10.0. The summed E-state index contributed by atoms with van der Waals surface area (Å²) in [5.74, 6) is -0.203. The van der Waals surface area contributed by atoms with Gasteiger partial charge in [0.25, 0.3) is 7.82 Å². The van der Waals surface area contributed by atoms with Crippen molar-refractivity contribution in [1.29, 1.82) is 0 Å². The number of amides is 1. The number of quaternary nitrogens is 1. The Morgan fingerprint density at radius 2 is 0.726 bits per heavy atom. The predicted octanol–water partition coefficient (Wildman–Crippen LogP) is 22.0. The number of likely N-dealkylation sites (N-methyl/N-ethyl adjacent to an activating group) is 1. The number of phosphoric ester groups is 1. The van der Waals surface area contributed by atoms with Gasteiger partial charge in [0.1, 0.15) is 13.2 Å². The number of phosphoric acid groups is 1. The molecule has 486 valence electrons. The van der Waals surface area contributed by atoms with Gasteiger partial charge in [0.2, 0.25) is 5.91 Å². The highest BCUT2D eigenvalue weighted by atomic mass is 31.2. The van der Waals surface area contributed by atoms with Gasteiger partial charge in [0.15, 0.2) is 0 Å². The monoisotopic (exact) mass is 1190 g/mol. The molecule has 0 fully saturated rings. The molecule has 0 radical (unpaired) electrons. The van der Waals surface area contributed by atoms with Crippen LogP contribution in [-0.4, -0.2) is 68.5 Å². The maximum Gasteiger partial charge on any atom is 0.268 e. The van der Waals surface area contributed by atoms with Gasteiger partial charge in [-0.15, -0.1) is 0 Å². The van der Waals surface area contributed by atoms with Gasteiger partial charge in [0, 0.05) is 6.42 Å². The number of hydrogen-bond acceptors (Lipinski definition) is 6. The molecule has 0 heterocycles. The molecular weight excluding hydrogens is 1060 g/mol. The normalized spacial score (nSPS) is 14.3. The van der Waals surface area contributed by atoms with Gasteiger partial charge in [-0.2, -0.15) is 0 Å². The highest BCUT2D eigenvalue weighted by Crippen LogP contribution is 2.38. The fourth-order valence-electron chi connectivity index (χ4n) is 10.1. The van der Waals surface area contributed by atoms with Gasteiger partial charge in [0.05, 0.1) is 39.9 Å². The van der Waals surface area contributed by atoms with Crippen LogP contribution in [-0.2, 0) is 18.4 Å². The van der Waals surface area contributed by atoms with Crippen molar-refractivity contribution in [2.24, 2.45) is 0 Å². The third-order valence-corrected chi connectivity index (χ3v) is 16.5. The van der Waals surface area contributed by atoms with E-state index in [1.807, 2.05) is 27.2 Å². The number of aliphatic hydroxyl groups is 1. The van der Waals surface area contributed by atoms with Crippen molar-refractivity contribution in [2.75, 3.05) is 40.9 Å². The molecule has 0 aliphatic heterocycles. The Balaban J connectivity index is 4.13. The number of nitrogens with one attached hydrogen (secondary N) is 1. The molecule has 0 aromatic carbocycles. The quantitative estimate of drug-likeness (QED) is 0.0272. The first-order valence-corrected chi connectivity index (χ1v) is 36.7. The highest BCUT2D eigenvalue weighted by Gasteiger charge is 2.23. The van der Waals surface area contributed by atoms with Gasteiger partial charge in [-0.1, -0.05) is 329 Å². The largest absolute Gasteiger partial charge is 0.756 e. The van der Waals surface area contributed by atoms with Crippen molar-refractivity contribution in [3.63, 3.8) is 0 Å². The number of aliphatic hydroxyl groups excluding tert-OH is 1. The number of allylic oxidation sites excluding steroid dienone is 17. The van der Waals surface area contributed by atoms with E-state index >= 15 is 0 Å². The van der Waals surface area contributed by atoms with Gasteiger partial charge in [-0.05, 0) is 83.5 Å². The number of carbonyl (C=O) groups excluding carboxylic acids is 1. The maximum absolute atomic E-state index is 13.0. The van der Waals surface area contributed by atoms with E-state index in [1.54, 1.807) is 6.08 Å². The summed E-state index contributed by atoms with van der Waals surface area (Å²) in [7, 11) is 1.25. The van der Waals surface area contributed by atoms with Crippen molar-refractivity contribution < 1.29 is 32.9 Å². The number of hydrogen-bond donors (Lipinski definition) is 2. The molecule has 2 N–H and O–H groups in total. The topological polar surface area (TPSA) is 108 Å². The van der Waals surface area contributed by atoms with Crippen molar-refractivity contribution in [3.8, 4) is 0 Å². The Labute approximate surface area is 521 Å². The summed E-state index contributed by atoms with van der Waals surface area (Å²) in [5, 5.41) is 14.0. The van der Waals surface area contributed by atoms with E-state index in [1.165, 1.54) is 193 Å². The molecule has 84 heavy (non-hydrogen) atoms. The minimum Gasteiger partial charge on any atom is -0.756 e. The van der Waals surface area contributed by atoms with Crippen LogP contribution in [0.15, 0.2) is 109 Å². The molecule has 0 aromatic rings. The zero-order valence-corrected chi connectivity index (χ0v) is 56.5. The first-order chi connectivity index (χ1) is 41.0. The van der Waals surface area contributed by atoms with Gasteiger partial charge in [-0.25, -0.2) is 0 Å². The van der Waals surface area contributed by atoms with E-state index in [0.717, 1.165) is 96.3 Å². The van der Waals surface area contributed by atoms with Crippen LogP contribution < -0.4 is 10.2 Å². The summed E-state index contributed by atoms with van der Waals surface area (Å²) in [6.07, 6.45) is 94.8. The number of unbranched alkanes of at least 4 members (excludes halogenated alkanes) is 35. The van der Waals surface area contributed by atoms with Crippen LogP contribution in [0.4, 0.5) is 0 Å². The van der Waals surface area contributed by atoms with Crippen molar-refractivity contribution in [1.82, 2.24) is 5.32 Å². The third-order valence-electron chi connectivity index (χ3n) is 15.5. The molecule has 0 saturated heterocycles. The van der Waals surface area contributed by atoms with Crippen LogP contribution >= 0.6 is 7.82 Å². The number of carbonyl (C=O) groups is 1. The summed E-state index contributed by atoms with van der Waals surface area (Å²) in [4.78, 5) is 25.6. The lowest BCUT2D eigenvalue weighted by Gasteiger charge is -2.29. The van der Waals surface area contributed by atoms with Crippen LogP contribution in [0.2, 0.25) is 0 Å². The maximum atomic E-state index is 13.0. The third kappa shape index (κ3) is 66.7. The van der Waals surface area contributed by atoms with Crippen molar-refractivity contribution in [2.45, 2.75) is 321 Å². The summed E-state index contributed by atoms with van der Waals surface area (Å²) in [6, 6.07) is -0.898. The number of nitrogens with zero attached hydrogens (tertiary/aromatic N) is 1. The van der Waals surface area contributed by atoms with E-state index in [2.05, 4.69) is 116 Å². The zero-order valence-electron chi connectivity index (χ0n) is 55.6. The smallest absolute Gasteiger partial charge is 0.268 e. The molecule has 9 heteroatoms. The summed E-state index contributed by atoms with van der Waals surface area (Å²) < 4.78 is 23.5. The minimum absolute atomic E-state index is 0.00597. The summed E-state index contributed by atoms with van der Waals surface area (Å²) in [6.45, 7) is 4.56. The zero-order chi connectivity index (χ0) is 61.2. The Bertz CT molecular complexity index is 1740. The van der Waals surface area contributed by atoms with E-state index < -0.39 is 20.0 Å². The molecule has 8 nitrogen and oxygen atoms in total. The van der Waals surface area contributed by atoms with Crippen LogP contribution in [0.1, 0.15) is 309 Å². The molecule has 0 bridgehead atoms. The molecule has 0 rings (SSSR count). The average molecular weight is 1190 g/mol. The van der Waals surface area contributed by atoms with Crippen LogP contribution in [0.5, 0.6) is 0 Å². The average Bonchev–Trinajstić information content (AvgIpc) is 3.56. The summed E-state index contributed by atoms with van der Waals surface area (Å²) in [5.41, 5.74) is 0. The van der Waals surface area contributed by atoms with E-state index in [4.69, 9.17) is 9.05 Å². The second kappa shape index (κ2) is 64.6.